The number of urea groups is 2. The van der Waals surface area contributed by atoms with Crippen molar-refractivity contribution in [2.24, 2.45) is 11.7 Å². The van der Waals surface area contributed by atoms with Gasteiger partial charge in [-0.1, -0.05) is 24.3 Å². The van der Waals surface area contributed by atoms with Crippen LogP contribution in [0.5, 0.6) is 0 Å². The molecule has 2 aromatic rings. The van der Waals surface area contributed by atoms with Crippen LogP contribution < -0.4 is 33.2 Å². The molecule has 120 valence electrons. The quantitative estimate of drug-likeness (QED) is 0.288. The highest BCUT2D eigenvalue weighted by molar-refractivity contribution is 5.89. The molecule has 0 aliphatic heterocycles. The standard InChI is InChI=1S/C15H18N6O2/c16-20-14(22)18-12-5-1-10(2-6-12)9-11-3-7-13(8-4-11)19-15(23)21-17/h1-8H,9,16-17H2,(H2,18,20,22)(H2,19,21,23). The fourth-order valence-electron chi connectivity index (χ4n) is 1.98. The maximum absolute atomic E-state index is 11.1. The van der Waals surface area contributed by atoms with Gasteiger partial charge in [0.15, 0.2) is 0 Å². The molecule has 8 nitrogen and oxygen atoms in total. The van der Waals surface area contributed by atoms with Crippen LogP contribution in [-0.2, 0) is 6.42 Å². The summed E-state index contributed by atoms with van der Waals surface area (Å²) in [7, 11) is 0. The molecule has 0 unspecified atom stereocenters. The third kappa shape index (κ3) is 4.99. The predicted octanol–water partition coefficient (Wildman–Crippen LogP) is 1.27. The van der Waals surface area contributed by atoms with Crippen molar-refractivity contribution in [3.8, 4) is 0 Å². The van der Waals surface area contributed by atoms with E-state index in [1.165, 1.54) is 0 Å². The summed E-state index contributed by atoms with van der Waals surface area (Å²) in [6, 6.07) is 13.9. The molecule has 2 rings (SSSR count). The Kier molecular flexibility index (Phi) is 5.50. The molecule has 0 heterocycles. The van der Waals surface area contributed by atoms with Crippen LogP contribution in [0.25, 0.3) is 0 Å². The van der Waals surface area contributed by atoms with Crippen molar-refractivity contribution in [1.29, 1.82) is 0 Å². The summed E-state index contributed by atoms with van der Waals surface area (Å²) in [5.41, 5.74) is 7.48. The van der Waals surface area contributed by atoms with Gasteiger partial charge >= 0.3 is 12.1 Å². The van der Waals surface area contributed by atoms with Gasteiger partial charge in [0.25, 0.3) is 0 Å². The van der Waals surface area contributed by atoms with E-state index in [9.17, 15) is 9.59 Å². The Hall–Kier alpha value is -3.10. The molecule has 8 N–H and O–H groups in total. The monoisotopic (exact) mass is 314 g/mol. The zero-order valence-electron chi connectivity index (χ0n) is 12.3. The molecular weight excluding hydrogens is 296 g/mol. The molecular formula is C15H18N6O2. The summed E-state index contributed by atoms with van der Waals surface area (Å²) in [5.74, 6) is 10.0. The molecule has 0 aliphatic rings. The minimum Gasteiger partial charge on any atom is -0.307 e. The van der Waals surface area contributed by atoms with E-state index in [0.29, 0.717) is 11.4 Å². The molecule has 0 bridgehead atoms. The van der Waals surface area contributed by atoms with Crippen molar-refractivity contribution in [2.45, 2.75) is 6.42 Å². The first-order valence-electron chi connectivity index (χ1n) is 6.84. The van der Waals surface area contributed by atoms with Gasteiger partial charge in [0.05, 0.1) is 0 Å². The van der Waals surface area contributed by atoms with Crippen molar-refractivity contribution < 1.29 is 9.59 Å². The SMILES string of the molecule is NNC(=O)Nc1ccc(Cc2ccc(NC(=O)NN)cc2)cc1. The Morgan fingerprint density at radius 1 is 0.696 bits per heavy atom. The van der Waals surface area contributed by atoms with E-state index >= 15 is 0 Å². The summed E-state index contributed by atoms with van der Waals surface area (Å²) in [6.45, 7) is 0. The van der Waals surface area contributed by atoms with Gasteiger partial charge < -0.3 is 10.6 Å². The number of benzene rings is 2. The van der Waals surface area contributed by atoms with Gasteiger partial charge in [0.2, 0.25) is 0 Å². The van der Waals surface area contributed by atoms with Crippen molar-refractivity contribution in [2.75, 3.05) is 10.6 Å². The van der Waals surface area contributed by atoms with Gasteiger partial charge in [-0.25, -0.2) is 21.3 Å². The van der Waals surface area contributed by atoms with E-state index in [0.717, 1.165) is 17.5 Å². The van der Waals surface area contributed by atoms with Gasteiger partial charge in [0.1, 0.15) is 0 Å². The highest BCUT2D eigenvalue weighted by Gasteiger charge is 2.02. The van der Waals surface area contributed by atoms with E-state index < -0.39 is 12.1 Å². The highest BCUT2D eigenvalue weighted by atomic mass is 16.2. The molecule has 0 spiro atoms. The maximum atomic E-state index is 11.1. The second-order valence-corrected chi connectivity index (χ2v) is 4.77. The van der Waals surface area contributed by atoms with Crippen LogP contribution in [0.1, 0.15) is 11.1 Å². The van der Waals surface area contributed by atoms with Gasteiger partial charge in [-0.2, -0.15) is 0 Å². The van der Waals surface area contributed by atoms with E-state index in [-0.39, 0.29) is 0 Å². The molecule has 0 saturated carbocycles. The Balaban J connectivity index is 1.96. The molecule has 0 aliphatic carbocycles. The minimum atomic E-state index is -0.470. The van der Waals surface area contributed by atoms with Crippen molar-refractivity contribution in [1.82, 2.24) is 10.9 Å². The molecule has 0 atom stereocenters. The second kappa shape index (κ2) is 7.78. The van der Waals surface area contributed by atoms with Crippen LogP contribution in [0, 0.1) is 0 Å². The Morgan fingerprint density at radius 2 is 1.04 bits per heavy atom. The van der Waals surface area contributed by atoms with Crippen LogP contribution in [-0.4, -0.2) is 12.1 Å². The molecule has 8 heteroatoms. The van der Waals surface area contributed by atoms with Gasteiger partial charge in [0, 0.05) is 11.4 Å². The largest absolute Gasteiger partial charge is 0.333 e. The van der Waals surface area contributed by atoms with Crippen LogP contribution in [0.2, 0.25) is 0 Å². The number of amides is 4. The summed E-state index contributed by atoms with van der Waals surface area (Å²) in [4.78, 5) is 22.2. The Bertz CT molecular complexity index is 610. The number of hydrogen-bond donors (Lipinski definition) is 6. The van der Waals surface area contributed by atoms with E-state index in [2.05, 4.69) is 10.6 Å². The fourth-order valence-corrected chi connectivity index (χ4v) is 1.98. The zero-order chi connectivity index (χ0) is 16.7. The van der Waals surface area contributed by atoms with Crippen LogP contribution in [0.3, 0.4) is 0 Å². The molecule has 0 fully saturated rings. The average Bonchev–Trinajstić information content (AvgIpc) is 2.58. The topological polar surface area (TPSA) is 134 Å². The summed E-state index contributed by atoms with van der Waals surface area (Å²) in [5, 5.41) is 5.16. The number of nitrogens with two attached hydrogens (primary N) is 2. The summed E-state index contributed by atoms with van der Waals surface area (Å²) >= 11 is 0. The van der Waals surface area contributed by atoms with E-state index in [1.807, 2.05) is 35.1 Å². The lowest BCUT2D eigenvalue weighted by Gasteiger charge is -2.07. The third-order valence-electron chi connectivity index (χ3n) is 3.09. The first-order chi connectivity index (χ1) is 11.1. The molecule has 2 aromatic carbocycles. The Labute approximate surface area is 133 Å². The lowest BCUT2D eigenvalue weighted by Crippen LogP contribution is -2.34. The smallest absolute Gasteiger partial charge is 0.307 e. The maximum Gasteiger partial charge on any atom is 0.333 e. The Morgan fingerprint density at radius 3 is 1.35 bits per heavy atom. The number of carbonyl (C=O) groups is 2. The average molecular weight is 314 g/mol. The summed E-state index contributed by atoms with van der Waals surface area (Å²) in [6.07, 6.45) is 0.729. The molecule has 0 radical (unpaired) electrons. The molecule has 0 aromatic heterocycles. The predicted molar refractivity (Wildman–Crippen MR) is 88.4 cm³/mol. The number of rotatable bonds is 4. The van der Waals surface area contributed by atoms with Gasteiger partial charge in [-0.05, 0) is 41.8 Å². The summed E-state index contributed by atoms with van der Waals surface area (Å²) < 4.78 is 0. The number of carbonyl (C=O) groups excluding carboxylic acids is 2. The van der Waals surface area contributed by atoms with E-state index in [1.54, 1.807) is 24.3 Å². The zero-order valence-corrected chi connectivity index (χ0v) is 12.3. The second-order valence-electron chi connectivity index (χ2n) is 4.77. The van der Waals surface area contributed by atoms with Crippen LogP contribution in [0.15, 0.2) is 48.5 Å². The highest BCUT2D eigenvalue weighted by Crippen LogP contribution is 2.15. The van der Waals surface area contributed by atoms with Crippen LogP contribution >= 0.6 is 0 Å². The van der Waals surface area contributed by atoms with Crippen molar-refractivity contribution in [3.05, 3.63) is 59.7 Å². The normalized spacial score (nSPS) is 9.83. The van der Waals surface area contributed by atoms with Gasteiger partial charge in [-0.3, -0.25) is 10.9 Å². The van der Waals surface area contributed by atoms with Crippen LogP contribution in [0.4, 0.5) is 21.0 Å². The lowest BCUT2D eigenvalue weighted by atomic mass is 10.0. The minimum absolute atomic E-state index is 0.470. The van der Waals surface area contributed by atoms with Gasteiger partial charge in [-0.15, -0.1) is 0 Å². The lowest BCUT2D eigenvalue weighted by molar-refractivity contribution is 0.251. The molecule has 0 saturated heterocycles. The number of hydrogen-bond acceptors (Lipinski definition) is 4. The first-order valence-corrected chi connectivity index (χ1v) is 6.84. The number of nitrogens with one attached hydrogen (secondary N) is 4. The first kappa shape index (κ1) is 16.3. The fraction of sp³-hybridized carbons (Fsp3) is 0.0667. The van der Waals surface area contributed by atoms with Crippen molar-refractivity contribution >= 4 is 23.4 Å². The van der Waals surface area contributed by atoms with Crippen molar-refractivity contribution in [3.63, 3.8) is 0 Å². The van der Waals surface area contributed by atoms with E-state index in [4.69, 9.17) is 11.7 Å². The number of hydrazine groups is 2. The molecule has 4 amide bonds. The number of anilines is 2. The third-order valence-corrected chi connectivity index (χ3v) is 3.09. The molecule has 23 heavy (non-hydrogen) atoms.